The van der Waals surface area contributed by atoms with E-state index in [9.17, 15) is 0 Å². The van der Waals surface area contributed by atoms with E-state index in [2.05, 4.69) is 22.1 Å². The summed E-state index contributed by atoms with van der Waals surface area (Å²) in [7, 11) is 0. The molecule has 0 spiro atoms. The van der Waals surface area contributed by atoms with Crippen LogP contribution in [0.4, 0.5) is 0 Å². The quantitative estimate of drug-likeness (QED) is 0.775. The van der Waals surface area contributed by atoms with Gasteiger partial charge in [-0.25, -0.2) is 0 Å². The van der Waals surface area contributed by atoms with Gasteiger partial charge in [0.15, 0.2) is 0 Å². The lowest BCUT2D eigenvalue weighted by molar-refractivity contribution is 0.299. The third-order valence-corrected chi connectivity index (χ3v) is 3.43. The summed E-state index contributed by atoms with van der Waals surface area (Å²) in [5.41, 5.74) is 4.39. The minimum Gasteiger partial charge on any atom is -0.396 e. The highest BCUT2D eigenvalue weighted by atomic mass is 16.3. The SMILES string of the molecule is OCCc1ccnc(CCCc2cc(CCO)ccn2)c1. The van der Waals surface area contributed by atoms with Crippen LogP contribution in [0.25, 0.3) is 0 Å². The van der Waals surface area contributed by atoms with Gasteiger partial charge in [-0.1, -0.05) is 0 Å². The van der Waals surface area contributed by atoms with Gasteiger partial charge in [0.1, 0.15) is 0 Å². The molecule has 4 heteroatoms. The van der Waals surface area contributed by atoms with Crippen molar-refractivity contribution in [1.82, 2.24) is 9.97 Å². The molecule has 0 saturated carbocycles. The number of pyridine rings is 2. The van der Waals surface area contributed by atoms with E-state index in [1.807, 2.05) is 12.1 Å². The van der Waals surface area contributed by atoms with Crippen LogP contribution in [0.3, 0.4) is 0 Å². The maximum atomic E-state index is 8.96. The molecule has 0 amide bonds. The first-order chi connectivity index (χ1) is 10.3. The third-order valence-electron chi connectivity index (χ3n) is 3.43. The molecule has 0 atom stereocenters. The van der Waals surface area contributed by atoms with Crippen molar-refractivity contribution in [1.29, 1.82) is 0 Å². The maximum Gasteiger partial charge on any atom is 0.0471 e. The van der Waals surface area contributed by atoms with Gasteiger partial charge < -0.3 is 10.2 Å². The van der Waals surface area contributed by atoms with Crippen LogP contribution in [0.15, 0.2) is 36.7 Å². The van der Waals surface area contributed by atoms with Gasteiger partial charge in [0.25, 0.3) is 0 Å². The minimum absolute atomic E-state index is 0.172. The van der Waals surface area contributed by atoms with E-state index in [0.29, 0.717) is 12.8 Å². The second-order valence-electron chi connectivity index (χ2n) is 5.11. The molecule has 2 N–H and O–H groups in total. The van der Waals surface area contributed by atoms with Crippen molar-refractivity contribution in [2.24, 2.45) is 0 Å². The monoisotopic (exact) mass is 286 g/mol. The van der Waals surface area contributed by atoms with Crippen LogP contribution in [-0.2, 0) is 25.7 Å². The Morgan fingerprint density at radius 2 is 1.19 bits per heavy atom. The fourth-order valence-corrected chi connectivity index (χ4v) is 2.35. The number of aliphatic hydroxyl groups is 2. The summed E-state index contributed by atoms with van der Waals surface area (Å²) in [6.07, 6.45) is 7.78. The lowest BCUT2D eigenvalue weighted by Crippen LogP contribution is -1.99. The van der Waals surface area contributed by atoms with Crippen LogP contribution in [-0.4, -0.2) is 33.4 Å². The molecule has 2 aromatic heterocycles. The maximum absolute atomic E-state index is 8.96. The molecule has 0 saturated heterocycles. The van der Waals surface area contributed by atoms with Gasteiger partial charge in [-0.3, -0.25) is 9.97 Å². The van der Waals surface area contributed by atoms with Gasteiger partial charge in [0, 0.05) is 37.0 Å². The lowest BCUT2D eigenvalue weighted by atomic mass is 10.1. The normalized spacial score (nSPS) is 10.8. The van der Waals surface area contributed by atoms with Crippen LogP contribution in [0.2, 0.25) is 0 Å². The number of nitrogens with zero attached hydrogens (tertiary/aromatic N) is 2. The Morgan fingerprint density at radius 1 is 0.714 bits per heavy atom. The van der Waals surface area contributed by atoms with E-state index < -0.39 is 0 Å². The summed E-state index contributed by atoms with van der Waals surface area (Å²) in [6.45, 7) is 0.343. The fraction of sp³-hybridized carbons (Fsp3) is 0.412. The Morgan fingerprint density at radius 3 is 1.62 bits per heavy atom. The molecule has 21 heavy (non-hydrogen) atoms. The number of hydrogen-bond donors (Lipinski definition) is 2. The fourth-order valence-electron chi connectivity index (χ4n) is 2.35. The molecule has 0 aliphatic carbocycles. The first-order valence-corrected chi connectivity index (χ1v) is 7.41. The third kappa shape index (κ3) is 5.25. The van der Waals surface area contributed by atoms with Crippen LogP contribution in [0.1, 0.15) is 28.9 Å². The van der Waals surface area contributed by atoms with E-state index in [0.717, 1.165) is 41.8 Å². The minimum atomic E-state index is 0.172. The molecular weight excluding hydrogens is 264 g/mol. The molecule has 0 aromatic carbocycles. The van der Waals surface area contributed by atoms with Crippen LogP contribution in [0, 0.1) is 0 Å². The zero-order valence-corrected chi connectivity index (χ0v) is 12.2. The lowest BCUT2D eigenvalue weighted by Gasteiger charge is -2.05. The first-order valence-electron chi connectivity index (χ1n) is 7.41. The van der Waals surface area contributed by atoms with E-state index in [4.69, 9.17) is 10.2 Å². The largest absolute Gasteiger partial charge is 0.396 e. The standard InChI is InChI=1S/C17H22N2O2/c20-10-6-14-4-8-18-16(12-14)2-1-3-17-13-15(7-11-21)5-9-19-17/h4-5,8-9,12-13,20-21H,1-3,6-7,10-11H2. The van der Waals surface area contributed by atoms with Gasteiger partial charge in [-0.05, 0) is 67.5 Å². The summed E-state index contributed by atoms with van der Waals surface area (Å²) in [6, 6.07) is 8.01. The summed E-state index contributed by atoms with van der Waals surface area (Å²) in [4.78, 5) is 8.73. The summed E-state index contributed by atoms with van der Waals surface area (Å²) < 4.78 is 0. The molecule has 0 fully saturated rings. The number of aliphatic hydroxyl groups excluding tert-OH is 2. The molecule has 0 aliphatic heterocycles. The highest BCUT2D eigenvalue weighted by Gasteiger charge is 2.01. The van der Waals surface area contributed by atoms with Crippen molar-refractivity contribution in [2.75, 3.05) is 13.2 Å². The van der Waals surface area contributed by atoms with Gasteiger partial charge >= 0.3 is 0 Å². The average Bonchev–Trinajstić information content (AvgIpc) is 2.49. The van der Waals surface area contributed by atoms with E-state index >= 15 is 0 Å². The number of aryl methyl sites for hydroxylation is 2. The predicted octanol–water partition coefficient (Wildman–Crippen LogP) is 1.72. The molecule has 0 radical (unpaired) electrons. The molecule has 0 bridgehead atoms. The molecular formula is C17H22N2O2. The summed E-state index contributed by atoms with van der Waals surface area (Å²) in [5, 5.41) is 17.9. The Balaban J connectivity index is 1.86. The van der Waals surface area contributed by atoms with E-state index in [-0.39, 0.29) is 13.2 Å². The topological polar surface area (TPSA) is 66.2 Å². The van der Waals surface area contributed by atoms with Gasteiger partial charge in [0.05, 0.1) is 0 Å². The van der Waals surface area contributed by atoms with Crippen molar-refractivity contribution in [3.8, 4) is 0 Å². The van der Waals surface area contributed by atoms with Crippen molar-refractivity contribution in [3.05, 3.63) is 59.2 Å². The molecule has 4 nitrogen and oxygen atoms in total. The van der Waals surface area contributed by atoms with Crippen LogP contribution >= 0.6 is 0 Å². The molecule has 0 aliphatic rings. The van der Waals surface area contributed by atoms with Gasteiger partial charge in [-0.15, -0.1) is 0 Å². The summed E-state index contributed by atoms with van der Waals surface area (Å²) in [5.74, 6) is 0. The molecule has 2 heterocycles. The Labute approximate surface area is 125 Å². The second kappa shape index (κ2) is 8.49. The van der Waals surface area contributed by atoms with E-state index in [1.54, 1.807) is 12.4 Å². The zero-order valence-electron chi connectivity index (χ0n) is 12.2. The smallest absolute Gasteiger partial charge is 0.0471 e. The van der Waals surface area contributed by atoms with Crippen LogP contribution in [0.5, 0.6) is 0 Å². The second-order valence-corrected chi connectivity index (χ2v) is 5.11. The molecule has 2 aromatic rings. The number of hydrogen-bond acceptors (Lipinski definition) is 4. The van der Waals surface area contributed by atoms with Crippen molar-refractivity contribution in [2.45, 2.75) is 32.1 Å². The average molecular weight is 286 g/mol. The molecule has 0 unspecified atom stereocenters. The van der Waals surface area contributed by atoms with Crippen molar-refractivity contribution >= 4 is 0 Å². The highest BCUT2D eigenvalue weighted by Crippen LogP contribution is 2.09. The summed E-state index contributed by atoms with van der Waals surface area (Å²) >= 11 is 0. The Bertz CT molecular complexity index is 508. The molecule has 2 rings (SSSR count). The molecule has 112 valence electrons. The Hall–Kier alpha value is -1.78. The van der Waals surface area contributed by atoms with Crippen LogP contribution < -0.4 is 0 Å². The first kappa shape index (κ1) is 15.6. The number of aromatic nitrogens is 2. The zero-order chi connectivity index (χ0) is 14.9. The van der Waals surface area contributed by atoms with Crippen molar-refractivity contribution in [3.63, 3.8) is 0 Å². The predicted molar refractivity (Wildman–Crippen MR) is 82.1 cm³/mol. The van der Waals surface area contributed by atoms with E-state index in [1.165, 1.54) is 0 Å². The highest BCUT2D eigenvalue weighted by molar-refractivity contribution is 5.18. The van der Waals surface area contributed by atoms with Gasteiger partial charge in [0.2, 0.25) is 0 Å². The number of rotatable bonds is 8. The van der Waals surface area contributed by atoms with Gasteiger partial charge in [-0.2, -0.15) is 0 Å². The Kier molecular flexibility index (Phi) is 6.31. The van der Waals surface area contributed by atoms with Crippen molar-refractivity contribution < 1.29 is 10.2 Å².